The monoisotopic (exact) mass is 439 g/mol. The topological polar surface area (TPSA) is 78.4 Å². The van der Waals surface area contributed by atoms with Crippen LogP contribution >= 0.6 is 35.3 Å². The number of aryl methyl sites for hydroxylation is 1. The van der Waals surface area contributed by atoms with Gasteiger partial charge in [-0.3, -0.25) is 9.79 Å². The van der Waals surface area contributed by atoms with Crippen molar-refractivity contribution in [3.8, 4) is 0 Å². The highest BCUT2D eigenvalue weighted by Crippen LogP contribution is 2.07. The summed E-state index contributed by atoms with van der Waals surface area (Å²) >= 11 is 1.67. The lowest BCUT2D eigenvalue weighted by atomic mass is 10.2. The first-order valence-electron chi connectivity index (χ1n) is 7.16. The van der Waals surface area contributed by atoms with Crippen molar-refractivity contribution >= 4 is 47.2 Å². The van der Waals surface area contributed by atoms with Gasteiger partial charge in [-0.25, -0.2) is 4.98 Å². The van der Waals surface area contributed by atoms with Gasteiger partial charge in [-0.15, -0.1) is 35.3 Å². The minimum Gasteiger partial charge on any atom is -0.356 e. The number of carbonyl (C=O) groups excluding carboxylic acids is 1. The van der Waals surface area contributed by atoms with Gasteiger partial charge in [0.1, 0.15) is 0 Å². The van der Waals surface area contributed by atoms with E-state index in [0.29, 0.717) is 13.1 Å². The number of thiazole rings is 1. The number of halogens is 1. The van der Waals surface area contributed by atoms with Crippen LogP contribution in [0.2, 0.25) is 0 Å². The summed E-state index contributed by atoms with van der Waals surface area (Å²) in [5.74, 6) is 0.823. The van der Waals surface area contributed by atoms with Crippen LogP contribution in [-0.2, 0) is 11.2 Å². The fraction of sp³-hybridized carbons (Fsp3) is 0.643. The molecule has 0 unspecified atom stereocenters. The summed E-state index contributed by atoms with van der Waals surface area (Å²) in [5.41, 5.74) is 1.10. The van der Waals surface area contributed by atoms with Gasteiger partial charge in [0.15, 0.2) is 5.96 Å². The normalized spacial score (nSPS) is 11.0. The lowest BCUT2D eigenvalue weighted by Gasteiger charge is -2.12. The minimum absolute atomic E-state index is 0. The van der Waals surface area contributed by atoms with E-state index in [-0.39, 0.29) is 35.8 Å². The molecule has 1 heterocycles. The number of aromatic nitrogens is 1. The van der Waals surface area contributed by atoms with Gasteiger partial charge >= 0.3 is 0 Å². The molecule has 0 spiro atoms. The summed E-state index contributed by atoms with van der Waals surface area (Å²) in [6, 6.07) is 0. The molecule has 1 rings (SSSR count). The molecule has 8 heteroatoms. The van der Waals surface area contributed by atoms with Crippen LogP contribution in [0.15, 0.2) is 10.4 Å². The van der Waals surface area contributed by atoms with Crippen LogP contribution in [0.5, 0.6) is 0 Å². The second-order valence-corrected chi connectivity index (χ2v) is 6.04. The molecule has 0 bridgehead atoms. The number of hydrogen-bond donors (Lipinski definition) is 3. The molecule has 0 saturated carbocycles. The number of carbonyl (C=O) groups is 1. The van der Waals surface area contributed by atoms with E-state index in [9.17, 15) is 4.79 Å². The maximum Gasteiger partial charge on any atom is 0.222 e. The van der Waals surface area contributed by atoms with Gasteiger partial charge in [0, 0.05) is 44.4 Å². The van der Waals surface area contributed by atoms with Crippen molar-refractivity contribution in [2.45, 2.75) is 27.2 Å². The molecule has 0 fully saturated rings. The number of nitrogens with one attached hydrogen (secondary N) is 3. The van der Waals surface area contributed by atoms with Crippen molar-refractivity contribution in [2.24, 2.45) is 10.9 Å². The van der Waals surface area contributed by atoms with E-state index < -0.39 is 0 Å². The summed E-state index contributed by atoms with van der Waals surface area (Å²) < 4.78 is 0. The molecular weight excluding hydrogens is 413 g/mol. The van der Waals surface area contributed by atoms with E-state index in [1.165, 1.54) is 0 Å². The zero-order valence-electron chi connectivity index (χ0n) is 13.6. The van der Waals surface area contributed by atoms with Gasteiger partial charge < -0.3 is 16.0 Å². The first kappa shape index (κ1) is 21.1. The average Bonchev–Trinajstić information content (AvgIpc) is 2.86. The van der Waals surface area contributed by atoms with Crippen LogP contribution in [0.25, 0.3) is 0 Å². The van der Waals surface area contributed by atoms with Crippen LogP contribution in [0.4, 0.5) is 0 Å². The number of amides is 1. The predicted molar refractivity (Wildman–Crippen MR) is 103 cm³/mol. The summed E-state index contributed by atoms with van der Waals surface area (Å²) in [6.07, 6.45) is 0.870. The lowest BCUT2D eigenvalue weighted by Crippen LogP contribution is -2.42. The van der Waals surface area contributed by atoms with E-state index in [1.54, 1.807) is 18.4 Å². The Labute approximate surface area is 153 Å². The Morgan fingerprint density at radius 3 is 2.45 bits per heavy atom. The van der Waals surface area contributed by atoms with Gasteiger partial charge in [-0.2, -0.15) is 0 Å². The highest BCUT2D eigenvalue weighted by molar-refractivity contribution is 14.0. The largest absolute Gasteiger partial charge is 0.356 e. The third kappa shape index (κ3) is 8.52. The summed E-state index contributed by atoms with van der Waals surface area (Å²) in [5, 5.41) is 12.4. The van der Waals surface area contributed by atoms with Crippen LogP contribution < -0.4 is 16.0 Å². The van der Waals surface area contributed by atoms with Crippen molar-refractivity contribution in [3.63, 3.8) is 0 Å². The Kier molecular flexibility index (Phi) is 11.2. The Hall–Kier alpha value is -0.900. The van der Waals surface area contributed by atoms with E-state index >= 15 is 0 Å². The molecule has 0 aliphatic rings. The van der Waals surface area contributed by atoms with Crippen molar-refractivity contribution in [3.05, 3.63) is 16.1 Å². The maximum atomic E-state index is 11.4. The molecule has 126 valence electrons. The van der Waals surface area contributed by atoms with E-state index in [4.69, 9.17) is 0 Å². The number of hydrogen-bond acceptors (Lipinski definition) is 4. The number of nitrogens with zero attached hydrogens (tertiary/aromatic N) is 2. The Bertz CT molecular complexity index is 476. The van der Waals surface area contributed by atoms with Crippen molar-refractivity contribution in [1.29, 1.82) is 0 Å². The molecule has 0 radical (unpaired) electrons. The van der Waals surface area contributed by atoms with Gasteiger partial charge in [0.25, 0.3) is 0 Å². The molecule has 0 atom stereocenters. The summed E-state index contributed by atoms with van der Waals surface area (Å²) in [6.45, 7) is 7.78. The van der Waals surface area contributed by atoms with Crippen LogP contribution in [0.1, 0.15) is 24.5 Å². The zero-order valence-corrected chi connectivity index (χ0v) is 16.7. The molecule has 6 nitrogen and oxygen atoms in total. The predicted octanol–water partition coefficient (Wildman–Crippen LogP) is 1.55. The number of guanidine groups is 1. The second kappa shape index (κ2) is 11.6. The van der Waals surface area contributed by atoms with Crippen molar-refractivity contribution in [1.82, 2.24) is 20.9 Å². The zero-order chi connectivity index (χ0) is 15.7. The molecule has 3 N–H and O–H groups in total. The molecule has 1 amide bonds. The maximum absolute atomic E-state index is 11.4. The highest BCUT2D eigenvalue weighted by Gasteiger charge is 2.05. The molecule has 0 aliphatic carbocycles. The minimum atomic E-state index is 0. The first-order chi connectivity index (χ1) is 10.0. The highest BCUT2D eigenvalue weighted by atomic mass is 127. The quantitative estimate of drug-likeness (QED) is 0.261. The van der Waals surface area contributed by atoms with Gasteiger partial charge in [0.05, 0.1) is 10.7 Å². The second-order valence-electron chi connectivity index (χ2n) is 4.98. The summed E-state index contributed by atoms with van der Waals surface area (Å²) in [4.78, 5) is 20.0. The van der Waals surface area contributed by atoms with E-state index in [1.807, 2.05) is 20.8 Å². The lowest BCUT2D eigenvalue weighted by molar-refractivity contribution is -0.123. The third-order valence-electron chi connectivity index (χ3n) is 2.80. The smallest absolute Gasteiger partial charge is 0.222 e. The van der Waals surface area contributed by atoms with Crippen LogP contribution in [0.3, 0.4) is 0 Å². The molecule has 1 aromatic rings. The number of aliphatic imine (C=N–C) groups is 1. The third-order valence-corrected chi connectivity index (χ3v) is 3.63. The molecule has 0 aromatic carbocycles. The van der Waals surface area contributed by atoms with Crippen LogP contribution in [-0.4, -0.2) is 43.5 Å². The van der Waals surface area contributed by atoms with Gasteiger partial charge in [-0.05, 0) is 6.92 Å². The van der Waals surface area contributed by atoms with Crippen molar-refractivity contribution < 1.29 is 4.79 Å². The Morgan fingerprint density at radius 2 is 1.91 bits per heavy atom. The first-order valence-corrected chi connectivity index (χ1v) is 8.04. The van der Waals surface area contributed by atoms with Gasteiger partial charge in [0.2, 0.25) is 5.91 Å². The summed E-state index contributed by atoms with van der Waals surface area (Å²) in [7, 11) is 1.73. The van der Waals surface area contributed by atoms with E-state index in [2.05, 4.69) is 31.3 Å². The van der Waals surface area contributed by atoms with E-state index in [0.717, 1.165) is 29.6 Å². The molecule has 22 heavy (non-hydrogen) atoms. The average molecular weight is 439 g/mol. The SMILES string of the molecule is CN=C(NCCNC(=O)C(C)C)NCCc1csc(C)n1.I. The molecular formula is C14H26IN5OS. The standard InChI is InChI=1S/C14H25N5OS.HI/c1-10(2)13(20)16-7-8-18-14(15-4)17-6-5-12-9-21-11(3)19-12;/h9-10H,5-8H2,1-4H3,(H,16,20)(H2,15,17,18);1H. The number of rotatable bonds is 7. The molecule has 0 aliphatic heterocycles. The van der Waals surface area contributed by atoms with Crippen molar-refractivity contribution in [2.75, 3.05) is 26.7 Å². The fourth-order valence-electron chi connectivity index (χ4n) is 1.62. The fourth-order valence-corrected chi connectivity index (χ4v) is 2.27. The molecule has 1 aromatic heterocycles. The molecule has 0 saturated heterocycles. The van der Waals surface area contributed by atoms with Gasteiger partial charge in [-0.1, -0.05) is 13.8 Å². The Balaban J connectivity index is 0.00000441. The van der Waals surface area contributed by atoms with Crippen LogP contribution in [0, 0.1) is 12.8 Å². The Morgan fingerprint density at radius 1 is 1.27 bits per heavy atom.